The van der Waals surface area contributed by atoms with E-state index in [9.17, 15) is 19.7 Å². The molecule has 2 N–H and O–H groups in total. The molecule has 1 aromatic carbocycles. The highest BCUT2D eigenvalue weighted by atomic mass is 16.6. The number of nitro benzene ring substituents is 1. The summed E-state index contributed by atoms with van der Waals surface area (Å²) in [5.74, 6) is -1.46. The topological polar surface area (TPSA) is 135 Å². The molecule has 0 spiro atoms. The third-order valence-corrected chi connectivity index (χ3v) is 3.98. The van der Waals surface area contributed by atoms with Gasteiger partial charge in [0.15, 0.2) is 0 Å². The Balaban J connectivity index is 2.26. The predicted octanol–water partition coefficient (Wildman–Crippen LogP) is 1.72. The van der Waals surface area contributed by atoms with Crippen molar-refractivity contribution in [1.82, 2.24) is 0 Å². The number of fused-ring (bicyclic) bond motifs is 1. The molecule has 134 valence electrons. The molecule has 2 aromatic rings. The van der Waals surface area contributed by atoms with Gasteiger partial charge in [0.2, 0.25) is 5.88 Å². The van der Waals surface area contributed by atoms with Gasteiger partial charge in [-0.15, -0.1) is 0 Å². The average molecular weight is 358 g/mol. The van der Waals surface area contributed by atoms with Gasteiger partial charge in [-0.25, -0.2) is 9.59 Å². The van der Waals surface area contributed by atoms with Gasteiger partial charge in [-0.3, -0.25) is 10.1 Å². The highest BCUT2D eigenvalue weighted by molar-refractivity contribution is 5.92. The third-order valence-electron chi connectivity index (χ3n) is 3.98. The molecule has 0 amide bonds. The number of nitrogens with two attached hydrogens (primary N) is 1. The Bertz CT molecular complexity index is 989. The van der Waals surface area contributed by atoms with Crippen LogP contribution in [0.4, 0.5) is 5.69 Å². The van der Waals surface area contributed by atoms with Gasteiger partial charge in [-0.05, 0) is 12.5 Å². The lowest BCUT2D eigenvalue weighted by atomic mass is 9.83. The van der Waals surface area contributed by atoms with Gasteiger partial charge in [-0.2, -0.15) is 0 Å². The number of benzene rings is 1. The summed E-state index contributed by atoms with van der Waals surface area (Å²) < 4.78 is 15.3. The first-order valence-electron chi connectivity index (χ1n) is 7.48. The van der Waals surface area contributed by atoms with Crippen molar-refractivity contribution in [3.05, 3.63) is 79.2 Å². The third kappa shape index (κ3) is 2.79. The normalized spacial score (nSPS) is 15.8. The van der Waals surface area contributed by atoms with Gasteiger partial charge in [0.05, 0.1) is 23.5 Å². The zero-order valence-electron chi connectivity index (χ0n) is 13.8. The van der Waals surface area contributed by atoms with Gasteiger partial charge in [0, 0.05) is 18.2 Å². The quantitative estimate of drug-likeness (QED) is 0.498. The van der Waals surface area contributed by atoms with Crippen molar-refractivity contribution in [2.24, 2.45) is 5.73 Å². The van der Waals surface area contributed by atoms with Crippen LogP contribution in [-0.2, 0) is 9.53 Å². The summed E-state index contributed by atoms with van der Waals surface area (Å²) in [5, 5.41) is 10.9. The Morgan fingerprint density at radius 3 is 2.54 bits per heavy atom. The lowest BCUT2D eigenvalue weighted by Crippen LogP contribution is -2.30. The molecular weight excluding hydrogens is 344 g/mol. The Morgan fingerprint density at radius 1 is 1.31 bits per heavy atom. The molecule has 2 heterocycles. The average Bonchev–Trinajstić information content (AvgIpc) is 2.59. The maximum absolute atomic E-state index is 12.4. The summed E-state index contributed by atoms with van der Waals surface area (Å²) in [6, 6.07) is 6.90. The second-order valence-corrected chi connectivity index (χ2v) is 5.58. The molecule has 1 atom stereocenters. The Kier molecular flexibility index (Phi) is 4.21. The van der Waals surface area contributed by atoms with E-state index in [2.05, 4.69) is 0 Å². The summed E-state index contributed by atoms with van der Waals surface area (Å²) in [6.07, 6.45) is 0. The molecule has 0 bridgehead atoms. The summed E-state index contributed by atoms with van der Waals surface area (Å²) in [7, 11) is 1.17. The van der Waals surface area contributed by atoms with Crippen molar-refractivity contribution in [2.45, 2.75) is 12.8 Å². The monoisotopic (exact) mass is 358 g/mol. The minimum atomic E-state index is -0.941. The summed E-state index contributed by atoms with van der Waals surface area (Å²) in [6.45, 7) is 1.57. The van der Waals surface area contributed by atoms with Gasteiger partial charge >= 0.3 is 11.6 Å². The van der Waals surface area contributed by atoms with Gasteiger partial charge in [-0.1, -0.05) is 12.1 Å². The van der Waals surface area contributed by atoms with E-state index in [0.29, 0.717) is 11.3 Å². The van der Waals surface area contributed by atoms with E-state index in [1.165, 1.54) is 37.4 Å². The molecule has 1 unspecified atom stereocenters. The number of nitrogens with zero attached hydrogens (tertiary/aromatic N) is 1. The van der Waals surface area contributed by atoms with E-state index in [0.717, 1.165) is 0 Å². The number of non-ortho nitro benzene ring substituents is 1. The smallest absolute Gasteiger partial charge is 0.343 e. The highest BCUT2D eigenvalue weighted by Crippen LogP contribution is 2.41. The van der Waals surface area contributed by atoms with E-state index in [4.69, 9.17) is 19.6 Å². The van der Waals surface area contributed by atoms with Crippen LogP contribution in [0.15, 0.2) is 51.0 Å². The zero-order valence-corrected chi connectivity index (χ0v) is 13.8. The van der Waals surface area contributed by atoms with Crippen LogP contribution in [0.5, 0.6) is 5.75 Å². The number of rotatable bonds is 3. The van der Waals surface area contributed by atoms with Crippen molar-refractivity contribution < 1.29 is 23.6 Å². The fourth-order valence-corrected chi connectivity index (χ4v) is 2.85. The van der Waals surface area contributed by atoms with Crippen LogP contribution in [0, 0.1) is 17.0 Å². The summed E-state index contributed by atoms with van der Waals surface area (Å²) in [4.78, 5) is 35.0. The van der Waals surface area contributed by atoms with E-state index in [1.807, 2.05) is 0 Å². The molecule has 0 aliphatic carbocycles. The Hall–Kier alpha value is -3.62. The number of aryl methyl sites for hydroxylation is 1. The number of carbonyl (C=O) groups is 1. The second kappa shape index (κ2) is 6.36. The first-order chi connectivity index (χ1) is 12.3. The fraction of sp³-hybridized carbons (Fsp3) is 0.176. The first-order valence-corrected chi connectivity index (χ1v) is 7.48. The van der Waals surface area contributed by atoms with E-state index in [1.54, 1.807) is 6.92 Å². The molecule has 3 rings (SSSR count). The largest absolute Gasteiger partial charge is 0.465 e. The number of hydrogen-bond acceptors (Lipinski definition) is 8. The number of ether oxygens (including phenoxy) is 2. The molecule has 0 fully saturated rings. The maximum atomic E-state index is 12.4. The van der Waals surface area contributed by atoms with Crippen molar-refractivity contribution in [3.8, 4) is 5.75 Å². The van der Waals surface area contributed by atoms with Crippen LogP contribution < -0.4 is 16.1 Å². The number of carbonyl (C=O) groups excluding carboxylic acids is 1. The van der Waals surface area contributed by atoms with Crippen LogP contribution in [-0.4, -0.2) is 18.0 Å². The van der Waals surface area contributed by atoms with Crippen molar-refractivity contribution in [3.63, 3.8) is 0 Å². The molecule has 26 heavy (non-hydrogen) atoms. The minimum absolute atomic E-state index is 0.0686. The Labute approximate surface area is 146 Å². The zero-order chi connectivity index (χ0) is 19.0. The molecule has 0 saturated heterocycles. The molecule has 0 saturated carbocycles. The molecular formula is C17H14N2O7. The molecule has 1 aromatic heterocycles. The number of hydrogen-bond donors (Lipinski definition) is 1. The van der Waals surface area contributed by atoms with Crippen molar-refractivity contribution in [1.29, 1.82) is 0 Å². The minimum Gasteiger partial charge on any atom is -0.465 e. The van der Waals surface area contributed by atoms with E-state index in [-0.39, 0.29) is 28.5 Å². The molecule has 1 aliphatic rings. The van der Waals surface area contributed by atoms with E-state index < -0.39 is 22.4 Å². The van der Waals surface area contributed by atoms with Crippen molar-refractivity contribution >= 4 is 11.7 Å². The molecule has 9 nitrogen and oxygen atoms in total. The number of esters is 1. The van der Waals surface area contributed by atoms with Gasteiger partial charge < -0.3 is 19.6 Å². The molecule has 1 aliphatic heterocycles. The van der Waals surface area contributed by atoms with Gasteiger partial charge in [0.25, 0.3) is 5.69 Å². The van der Waals surface area contributed by atoms with Crippen LogP contribution in [0.3, 0.4) is 0 Å². The number of nitro groups is 1. The summed E-state index contributed by atoms with van der Waals surface area (Å²) in [5.41, 5.74) is 5.48. The lowest BCUT2D eigenvalue weighted by Gasteiger charge is -2.27. The molecule has 9 heteroatoms. The Morgan fingerprint density at radius 2 is 1.96 bits per heavy atom. The van der Waals surface area contributed by atoms with Gasteiger partial charge in [0.1, 0.15) is 17.1 Å². The van der Waals surface area contributed by atoms with Crippen LogP contribution in [0.25, 0.3) is 0 Å². The molecule has 0 radical (unpaired) electrons. The van der Waals surface area contributed by atoms with Crippen molar-refractivity contribution in [2.75, 3.05) is 7.11 Å². The first kappa shape index (κ1) is 17.2. The van der Waals surface area contributed by atoms with Crippen LogP contribution >= 0.6 is 0 Å². The lowest BCUT2D eigenvalue weighted by molar-refractivity contribution is -0.384. The fourth-order valence-electron chi connectivity index (χ4n) is 2.85. The SMILES string of the molecule is COC(=O)C1=C(N)Oc2cc(C)oc(=O)c2C1c1ccc([N+](=O)[O-])cc1. The standard InChI is InChI=1S/C17H14N2O7/c1-8-7-11-13(17(21)25-8)12(14(15(18)26-11)16(20)24-2)9-3-5-10(6-4-9)19(22)23/h3-7,12H,18H2,1-2H3. The second-order valence-electron chi connectivity index (χ2n) is 5.58. The van der Waals surface area contributed by atoms with Crippen LogP contribution in [0.2, 0.25) is 0 Å². The highest BCUT2D eigenvalue weighted by Gasteiger charge is 2.38. The maximum Gasteiger partial charge on any atom is 0.343 e. The van der Waals surface area contributed by atoms with Crippen LogP contribution in [0.1, 0.15) is 22.8 Å². The number of methoxy groups -OCH3 is 1. The predicted molar refractivity (Wildman–Crippen MR) is 88.5 cm³/mol. The summed E-state index contributed by atoms with van der Waals surface area (Å²) >= 11 is 0. The van der Waals surface area contributed by atoms with E-state index >= 15 is 0 Å².